The molecule has 0 aliphatic rings. The van der Waals surface area contributed by atoms with Gasteiger partial charge in [0.15, 0.2) is 0 Å². The first-order valence-electron chi connectivity index (χ1n) is 5.52. The molecule has 2 aromatic rings. The standard InChI is InChI=1S/C12H13N3O3S/c1-7-9(12(16)17)3-8(18-7)5-13-10-4-11(19-2)15-6-14-10/h3-4,6H,5H2,1-2H3,(H,16,17)(H,13,14,15). The summed E-state index contributed by atoms with van der Waals surface area (Å²) in [7, 11) is 0. The van der Waals surface area contributed by atoms with E-state index in [9.17, 15) is 4.79 Å². The van der Waals surface area contributed by atoms with Gasteiger partial charge in [0, 0.05) is 6.07 Å². The number of hydrogen-bond donors (Lipinski definition) is 2. The number of furan rings is 1. The van der Waals surface area contributed by atoms with Crippen LogP contribution in [0, 0.1) is 6.92 Å². The van der Waals surface area contributed by atoms with E-state index in [1.807, 2.05) is 12.3 Å². The van der Waals surface area contributed by atoms with Crippen molar-refractivity contribution in [2.75, 3.05) is 11.6 Å². The van der Waals surface area contributed by atoms with Gasteiger partial charge in [0.05, 0.1) is 6.54 Å². The molecule has 0 saturated carbocycles. The molecule has 0 atom stereocenters. The topological polar surface area (TPSA) is 88.2 Å². The molecule has 0 aromatic carbocycles. The lowest BCUT2D eigenvalue weighted by Crippen LogP contribution is -2.01. The highest BCUT2D eigenvalue weighted by molar-refractivity contribution is 7.98. The van der Waals surface area contributed by atoms with Crippen LogP contribution < -0.4 is 5.32 Å². The molecule has 7 heteroatoms. The number of carbonyl (C=O) groups is 1. The van der Waals surface area contributed by atoms with E-state index in [0.29, 0.717) is 23.9 Å². The van der Waals surface area contributed by atoms with E-state index >= 15 is 0 Å². The lowest BCUT2D eigenvalue weighted by atomic mass is 10.2. The third kappa shape index (κ3) is 3.25. The van der Waals surface area contributed by atoms with Crippen molar-refractivity contribution in [3.63, 3.8) is 0 Å². The molecule has 0 spiro atoms. The number of anilines is 1. The van der Waals surface area contributed by atoms with E-state index < -0.39 is 5.97 Å². The minimum Gasteiger partial charge on any atom is -0.478 e. The maximum absolute atomic E-state index is 10.9. The SMILES string of the molecule is CSc1cc(NCc2cc(C(=O)O)c(C)o2)ncn1. The van der Waals surface area contributed by atoms with Crippen LogP contribution in [0.5, 0.6) is 0 Å². The maximum atomic E-state index is 10.9. The van der Waals surface area contributed by atoms with Gasteiger partial charge in [0.25, 0.3) is 0 Å². The number of aromatic carboxylic acids is 1. The molecule has 0 aliphatic heterocycles. The largest absolute Gasteiger partial charge is 0.478 e. The molecule has 0 radical (unpaired) electrons. The van der Waals surface area contributed by atoms with Crippen LogP contribution in [-0.4, -0.2) is 27.3 Å². The molecule has 19 heavy (non-hydrogen) atoms. The highest BCUT2D eigenvalue weighted by atomic mass is 32.2. The van der Waals surface area contributed by atoms with Crippen LogP contribution in [0.2, 0.25) is 0 Å². The van der Waals surface area contributed by atoms with E-state index in [1.54, 1.807) is 6.92 Å². The van der Waals surface area contributed by atoms with Crippen LogP contribution in [0.4, 0.5) is 5.82 Å². The van der Waals surface area contributed by atoms with Crippen molar-refractivity contribution in [1.29, 1.82) is 0 Å². The normalized spacial score (nSPS) is 10.4. The summed E-state index contributed by atoms with van der Waals surface area (Å²) in [5.74, 6) is 0.639. The number of thioether (sulfide) groups is 1. The number of rotatable bonds is 5. The van der Waals surface area contributed by atoms with Gasteiger partial charge in [0.1, 0.15) is 34.3 Å². The van der Waals surface area contributed by atoms with E-state index in [-0.39, 0.29) is 5.56 Å². The van der Waals surface area contributed by atoms with Crippen molar-refractivity contribution in [1.82, 2.24) is 9.97 Å². The zero-order chi connectivity index (χ0) is 13.8. The quantitative estimate of drug-likeness (QED) is 0.641. The summed E-state index contributed by atoms with van der Waals surface area (Å²) < 4.78 is 5.36. The molecule has 6 nitrogen and oxygen atoms in total. The number of hydrogen-bond acceptors (Lipinski definition) is 6. The Morgan fingerprint density at radius 1 is 1.47 bits per heavy atom. The van der Waals surface area contributed by atoms with Crippen molar-refractivity contribution in [3.05, 3.63) is 35.5 Å². The van der Waals surface area contributed by atoms with Crippen molar-refractivity contribution in [2.24, 2.45) is 0 Å². The minimum absolute atomic E-state index is 0.185. The molecule has 2 rings (SSSR count). The Balaban J connectivity index is 2.06. The summed E-state index contributed by atoms with van der Waals surface area (Å²) in [6, 6.07) is 3.33. The molecule has 0 unspecified atom stereocenters. The fraction of sp³-hybridized carbons (Fsp3) is 0.250. The average molecular weight is 279 g/mol. The summed E-state index contributed by atoms with van der Waals surface area (Å²) >= 11 is 1.52. The van der Waals surface area contributed by atoms with Gasteiger partial charge in [-0.1, -0.05) is 0 Å². The fourth-order valence-electron chi connectivity index (χ4n) is 1.57. The Morgan fingerprint density at radius 3 is 2.89 bits per heavy atom. The number of nitrogens with zero attached hydrogens (tertiary/aromatic N) is 2. The third-order valence-corrected chi connectivity index (χ3v) is 3.14. The molecule has 0 fully saturated rings. The molecular formula is C12H13N3O3S. The van der Waals surface area contributed by atoms with Crippen LogP contribution in [-0.2, 0) is 6.54 Å². The van der Waals surface area contributed by atoms with E-state index in [0.717, 1.165) is 5.03 Å². The third-order valence-electron chi connectivity index (χ3n) is 2.49. The van der Waals surface area contributed by atoms with Crippen LogP contribution in [0.3, 0.4) is 0 Å². The Labute approximate surface area is 114 Å². The smallest absolute Gasteiger partial charge is 0.339 e. The minimum atomic E-state index is -0.987. The molecule has 0 bridgehead atoms. The zero-order valence-corrected chi connectivity index (χ0v) is 11.3. The maximum Gasteiger partial charge on any atom is 0.339 e. The summed E-state index contributed by atoms with van der Waals surface area (Å²) in [6.45, 7) is 2.00. The first kappa shape index (κ1) is 13.4. The second-order valence-electron chi connectivity index (χ2n) is 3.79. The summed E-state index contributed by atoms with van der Waals surface area (Å²) in [5.41, 5.74) is 0.185. The second kappa shape index (κ2) is 5.75. The average Bonchev–Trinajstić information content (AvgIpc) is 2.78. The number of aryl methyl sites for hydroxylation is 1. The molecule has 2 aromatic heterocycles. The first-order chi connectivity index (χ1) is 9.10. The van der Waals surface area contributed by atoms with Gasteiger partial charge in [0.2, 0.25) is 0 Å². The Morgan fingerprint density at radius 2 is 2.26 bits per heavy atom. The van der Waals surface area contributed by atoms with E-state index in [1.165, 1.54) is 24.2 Å². The van der Waals surface area contributed by atoms with Gasteiger partial charge in [-0.15, -0.1) is 11.8 Å². The zero-order valence-electron chi connectivity index (χ0n) is 10.5. The van der Waals surface area contributed by atoms with Crippen molar-refractivity contribution in [2.45, 2.75) is 18.5 Å². The molecule has 2 N–H and O–H groups in total. The molecule has 0 saturated heterocycles. The van der Waals surface area contributed by atoms with Crippen molar-refractivity contribution in [3.8, 4) is 0 Å². The van der Waals surface area contributed by atoms with Gasteiger partial charge in [-0.2, -0.15) is 0 Å². The molecular weight excluding hydrogens is 266 g/mol. The van der Waals surface area contributed by atoms with Crippen molar-refractivity contribution >= 4 is 23.5 Å². The summed E-state index contributed by atoms with van der Waals surface area (Å²) in [6.07, 6.45) is 3.41. The number of nitrogens with one attached hydrogen (secondary N) is 1. The van der Waals surface area contributed by atoms with Crippen LogP contribution in [0.15, 0.2) is 27.9 Å². The summed E-state index contributed by atoms with van der Waals surface area (Å²) in [4.78, 5) is 19.0. The van der Waals surface area contributed by atoms with Crippen molar-refractivity contribution < 1.29 is 14.3 Å². The van der Waals surface area contributed by atoms with Crippen LogP contribution >= 0.6 is 11.8 Å². The van der Waals surface area contributed by atoms with E-state index in [4.69, 9.17) is 9.52 Å². The number of carboxylic acid groups (broad SMARTS) is 1. The van der Waals surface area contributed by atoms with Gasteiger partial charge in [-0.3, -0.25) is 0 Å². The lowest BCUT2D eigenvalue weighted by molar-refractivity contribution is 0.0695. The van der Waals surface area contributed by atoms with Crippen LogP contribution in [0.25, 0.3) is 0 Å². The predicted molar refractivity (Wildman–Crippen MR) is 71.5 cm³/mol. The Kier molecular flexibility index (Phi) is 4.06. The molecule has 2 heterocycles. The Hall–Kier alpha value is -2.02. The lowest BCUT2D eigenvalue weighted by Gasteiger charge is -2.03. The second-order valence-corrected chi connectivity index (χ2v) is 4.61. The monoisotopic (exact) mass is 279 g/mol. The predicted octanol–water partition coefficient (Wildman–Crippen LogP) is 2.41. The molecule has 0 amide bonds. The van der Waals surface area contributed by atoms with Gasteiger partial charge < -0.3 is 14.8 Å². The van der Waals surface area contributed by atoms with Crippen LogP contribution in [0.1, 0.15) is 21.9 Å². The fourth-order valence-corrected chi connectivity index (χ4v) is 1.95. The number of carboxylic acids is 1. The highest BCUT2D eigenvalue weighted by Gasteiger charge is 2.13. The molecule has 0 aliphatic carbocycles. The highest BCUT2D eigenvalue weighted by Crippen LogP contribution is 2.17. The molecule has 100 valence electrons. The Bertz CT molecular complexity index is 598. The van der Waals surface area contributed by atoms with E-state index in [2.05, 4.69) is 15.3 Å². The first-order valence-corrected chi connectivity index (χ1v) is 6.75. The van der Waals surface area contributed by atoms with Gasteiger partial charge in [-0.25, -0.2) is 14.8 Å². The summed E-state index contributed by atoms with van der Waals surface area (Å²) in [5, 5.41) is 12.9. The van der Waals surface area contributed by atoms with Gasteiger partial charge >= 0.3 is 5.97 Å². The van der Waals surface area contributed by atoms with Gasteiger partial charge in [-0.05, 0) is 19.2 Å². The number of aromatic nitrogens is 2.